The van der Waals surface area contributed by atoms with E-state index in [9.17, 15) is 9.59 Å². The van der Waals surface area contributed by atoms with Gasteiger partial charge in [-0.25, -0.2) is 14.6 Å². The smallest absolute Gasteiger partial charge is 0.356 e. The van der Waals surface area contributed by atoms with E-state index in [1.807, 2.05) is 0 Å². The van der Waals surface area contributed by atoms with E-state index in [1.165, 1.54) is 12.3 Å². The quantitative estimate of drug-likeness (QED) is 0.727. The molecule has 3 N–H and O–H groups in total. The van der Waals surface area contributed by atoms with Crippen LogP contribution < -0.4 is 10.6 Å². The normalized spacial score (nSPS) is 15.7. The van der Waals surface area contributed by atoms with Gasteiger partial charge in [-0.15, -0.1) is 0 Å². The predicted octanol–water partition coefficient (Wildman–Crippen LogP) is 0.607. The summed E-state index contributed by atoms with van der Waals surface area (Å²) < 4.78 is 0. The molecule has 19 heavy (non-hydrogen) atoms. The lowest BCUT2D eigenvalue weighted by Gasteiger charge is -2.20. The minimum absolute atomic E-state index is 0.149. The van der Waals surface area contributed by atoms with Crippen molar-refractivity contribution in [2.75, 3.05) is 31.5 Å². The molecule has 0 unspecified atom stereocenters. The highest BCUT2D eigenvalue weighted by molar-refractivity contribution is 5.98. The number of hydrogen-bond acceptors (Lipinski definition) is 4. The Hall–Kier alpha value is -2.15. The van der Waals surface area contributed by atoms with E-state index < -0.39 is 5.97 Å². The van der Waals surface area contributed by atoms with Crippen LogP contribution >= 0.6 is 0 Å². The van der Waals surface area contributed by atoms with Gasteiger partial charge < -0.3 is 20.6 Å². The number of pyridine rings is 1. The monoisotopic (exact) mass is 264 g/mol. The van der Waals surface area contributed by atoms with Gasteiger partial charge >= 0.3 is 12.0 Å². The number of aromatic carboxylic acids is 1. The summed E-state index contributed by atoms with van der Waals surface area (Å²) in [5.41, 5.74) is 0.0704. The number of aromatic nitrogens is 1. The van der Waals surface area contributed by atoms with Gasteiger partial charge in [-0.3, -0.25) is 0 Å². The summed E-state index contributed by atoms with van der Waals surface area (Å²) in [5.74, 6) is -1.16. The third-order valence-corrected chi connectivity index (χ3v) is 2.88. The molecule has 102 valence electrons. The van der Waals surface area contributed by atoms with Crippen molar-refractivity contribution < 1.29 is 14.7 Å². The third-order valence-electron chi connectivity index (χ3n) is 2.88. The van der Waals surface area contributed by atoms with Crippen LogP contribution in [0.4, 0.5) is 10.5 Å². The highest BCUT2D eigenvalue weighted by Crippen LogP contribution is 2.13. The summed E-state index contributed by atoms with van der Waals surface area (Å²) in [5, 5.41) is 14.8. The van der Waals surface area contributed by atoms with Crippen LogP contribution in [0.25, 0.3) is 0 Å². The van der Waals surface area contributed by atoms with Crippen molar-refractivity contribution in [3.8, 4) is 0 Å². The van der Waals surface area contributed by atoms with Crippen molar-refractivity contribution in [3.63, 3.8) is 0 Å². The minimum Gasteiger partial charge on any atom is -0.476 e. The van der Waals surface area contributed by atoms with Gasteiger partial charge in [0.25, 0.3) is 0 Å². The molecule has 0 atom stereocenters. The highest BCUT2D eigenvalue weighted by Gasteiger charge is 2.18. The van der Waals surface area contributed by atoms with E-state index in [0.717, 1.165) is 19.5 Å². The lowest BCUT2D eigenvalue weighted by Crippen LogP contribution is -2.37. The van der Waals surface area contributed by atoms with Crippen molar-refractivity contribution in [1.82, 2.24) is 15.2 Å². The molecule has 0 aromatic carbocycles. The molecular formula is C12H16N4O3. The summed E-state index contributed by atoms with van der Waals surface area (Å²) in [6.07, 6.45) is 2.27. The predicted molar refractivity (Wildman–Crippen MR) is 69.3 cm³/mol. The molecule has 1 aliphatic rings. The average Bonchev–Trinajstić information content (AvgIpc) is 2.68. The SMILES string of the molecule is O=C(O)c1ncccc1NC(=O)N1CCCNCC1. The highest BCUT2D eigenvalue weighted by atomic mass is 16.4. The fourth-order valence-corrected chi connectivity index (χ4v) is 1.92. The second-order valence-electron chi connectivity index (χ2n) is 4.23. The zero-order valence-corrected chi connectivity index (χ0v) is 10.4. The zero-order valence-electron chi connectivity index (χ0n) is 10.4. The molecule has 1 fully saturated rings. The van der Waals surface area contributed by atoms with Crippen LogP contribution in [0.3, 0.4) is 0 Å². The Balaban J connectivity index is 2.07. The second-order valence-corrected chi connectivity index (χ2v) is 4.23. The Kier molecular flexibility index (Phi) is 4.30. The van der Waals surface area contributed by atoms with E-state index in [-0.39, 0.29) is 17.4 Å². The molecule has 0 radical (unpaired) electrons. The number of carboxylic acid groups (broad SMARTS) is 1. The van der Waals surface area contributed by atoms with Gasteiger partial charge in [0.15, 0.2) is 5.69 Å². The molecule has 0 spiro atoms. The van der Waals surface area contributed by atoms with Gasteiger partial charge in [0.2, 0.25) is 0 Å². The van der Waals surface area contributed by atoms with E-state index >= 15 is 0 Å². The molecule has 0 saturated carbocycles. The van der Waals surface area contributed by atoms with Gasteiger partial charge in [0.1, 0.15) is 0 Å². The fraction of sp³-hybridized carbons (Fsp3) is 0.417. The molecule has 1 saturated heterocycles. The van der Waals surface area contributed by atoms with Crippen molar-refractivity contribution >= 4 is 17.7 Å². The first-order valence-corrected chi connectivity index (χ1v) is 6.13. The molecule has 2 heterocycles. The zero-order chi connectivity index (χ0) is 13.7. The Labute approximate surface area is 110 Å². The third kappa shape index (κ3) is 3.41. The molecule has 1 aromatic heterocycles. The molecular weight excluding hydrogens is 248 g/mol. The standard InChI is InChI=1S/C12H16N4O3/c17-11(18)10-9(3-1-5-14-10)15-12(19)16-7-2-4-13-6-8-16/h1,3,5,13H,2,4,6-8H2,(H,15,19)(H,17,18). The van der Waals surface area contributed by atoms with Gasteiger partial charge in [-0.1, -0.05) is 0 Å². The fourth-order valence-electron chi connectivity index (χ4n) is 1.92. The maximum Gasteiger partial charge on any atom is 0.356 e. The number of rotatable bonds is 2. The number of nitrogens with one attached hydrogen (secondary N) is 2. The number of carbonyl (C=O) groups is 2. The van der Waals surface area contributed by atoms with E-state index in [0.29, 0.717) is 13.1 Å². The lowest BCUT2D eigenvalue weighted by molar-refractivity contribution is 0.0691. The summed E-state index contributed by atoms with van der Waals surface area (Å²) >= 11 is 0. The van der Waals surface area contributed by atoms with Crippen molar-refractivity contribution in [2.24, 2.45) is 0 Å². The molecule has 0 aliphatic carbocycles. The Morgan fingerprint density at radius 3 is 3.00 bits per heavy atom. The Bertz CT molecular complexity index is 470. The Morgan fingerprint density at radius 2 is 2.21 bits per heavy atom. The van der Waals surface area contributed by atoms with Crippen LogP contribution in [0.1, 0.15) is 16.9 Å². The van der Waals surface area contributed by atoms with Gasteiger partial charge in [-0.05, 0) is 25.1 Å². The number of anilines is 1. The number of carbonyl (C=O) groups excluding carboxylic acids is 1. The number of carboxylic acids is 1. The Morgan fingerprint density at radius 1 is 1.37 bits per heavy atom. The number of amides is 2. The van der Waals surface area contributed by atoms with Gasteiger partial charge in [0, 0.05) is 25.8 Å². The second kappa shape index (κ2) is 6.14. The summed E-state index contributed by atoms with van der Waals surface area (Å²) in [7, 11) is 0. The number of nitrogens with zero attached hydrogens (tertiary/aromatic N) is 2. The van der Waals surface area contributed by atoms with Crippen LogP contribution in [-0.4, -0.2) is 53.2 Å². The average molecular weight is 264 g/mol. The molecule has 0 bridgehead atoms. The number of hydrogen-bond donors (Lipinski definition) is 3. The summed E-state index contributed by atoms with van der Waals surface area (Å²) in [6, 6.07) is 2.83. The first-order valence-electron chi connectivity index (χ1n) is 6.13. The summed E-state index contributed by atoms with van der Waals surface area (Å²) in [4.78, 5) is 28.5. The first kappa shape index (κ1) is 13.3. The maximum atomic E-state index is 12.1. The molecule has 1 aliphatic heterocycles. The molecule has 7 nitrogen and oxygen atoms in total. The maximum absolute atomic E-state index is 12.1. The van der Waals surface area contributed by atoms with Gasteiger partial charge in [0.05, 0.1) is 5.69 Å². The molecule has 7 heteroatoms. The van der Waals surface area contributed by atoms with Crippen LogP contribution in [0, 0.1) is 0 Å². The topological polar surface area (TPSA) is 94.6 Å². The lowest BCUT2D eigenvalue weighted by atomic mass is 10.3. The molecule has 2 amide bonds. The van der Waals surface area contributed by atoms with E-state index in [1.54, 1.807) is 11.0 Å². The molecule has 2 rings (SSSR count). The van der Waals surface area contributed by atoms with Crippen LogP contribution in [0.2, 0.25) is 0 Å². The van der Waals surface area contributed by atoms with Crippen LogP contribution in [-0.2, 0) is 0 Å². The summed E-state index contributed by atoms with van der Waals surface area (Å²) in [6.45, 7) is 2.89. The first-order chi connectivity index (χ1) is 9.18. The number of urea groups is 1. The van der Waals surface area contributed by atoms with Gasteiger partial charge in [-0.2, -0.15) is 0 Å². The van der Waals surface area contributed by atoms with Crippen LogP contribution in [0.5, 0.6) is 0 Å². The minimum atomic E-state index is -1.16. The van der Waals surface area contributed by atoms with Crippen LogP contribution in [0.15, 0.2) is 18.3 Å². The van der Waals surface area contributed by atoms with E-state index in [4.69, 9.17) is 5.11 Å². The van der Waals surface area contributed by atoms with Crippen molar-refractivity contribution in [2.45, 2.75) is 6.42 Å². The van der Waals surface area contributed by atoms with E-state index in [2.05, 4.69) is 15.6 Å². The largest absolute Gasteiger partial charge is 0.476 e. The van der Waals surface area contributed by atoms with Crippen molar-refractivity contribution in [3.05, 3.63) is 24.0 Å². The molecule has 1 aromatic rings. The van der Waals surface area contributed by atoms with Crippen molar-refractivity contribution in [1.29, 1.82) is 0 Å².